The summed E-state index contributed by atoms with van der Waals surface area (Å²) in [5.74, 6) is 0.758. The van der Waals surface area contributed by atoms with Crippen molar-refractivity contribution in [3.05, 3.63) is 41.5 Å². The van der Waals surface area contributed by atoms with Crippen molar-refractivity contribution in [3.63, 3.8) is 0 Å². The van der Waals surface area contributed by atoms with Gasteiger partial charge in [-0.3, -0.25) is 14.6 Å². The lowest BCUT2D eigenvalue weighted by molar-refractivity contribution is -0.145. The fraction of sp³-hybridized carbons (Fsp3) is 0.400. The van der Waals surface area contributed by atoms with E-state index in [0.717, 1.165) is 11.1 Å². The second kappa shape index (κ2) is 17.8. The van der Waals surface area contributed by atoms with Crippen molar-refractivity contribution < 1.29 is 38.1 Å². The average Bonchev–Trinajstić information content (AvgIpc) is 3.00. The minimum absolute atomic E-state index is 0.0452. The fourth-order valence-corrected chi connectivity index (χ4v) is 4.10. The smallest absolute Gasteiger partial charge is 0.328 e. The largest absolute Gasteiger partial charge is 0.495 e. The van der Waals surface area contributed by atoms with Crippen LogP contribution in [0.25, 0.3) is 12.2 Å². The van der Waals surface area contributed by atoms with E-state index in [9.17, 15) is 14.4 Å². The number of anilines is 1. The molecule has 0 unspecified atom stereocenters. The number of rotatable bonds is 17. The van der Waals surface area contributed by atoms with Crippen LogP contribution in [0.15, 0.2) is 35.3 Å². The van der Waals surface area contributed by atoms with Crippen LogP contribution in [0.1, 0.15) is 43.2 Å². The van der Waals surface area contributed by atoms with Crippen LogP contribution in [0.2, 0.25) is 0 Å². The monoisotopic (exact) mass is 599 g/mol. The molecule has 0 spiro atoms. The van der Waals surface area contributed by atoms with Gasteiger partial charge in [0, 0.05) is 19.4 Å². The van der Waals surface area contributed by atoms with Crippen molar-refractivity contribution in [1.82, 2.24) is 5.32 Å². The number of methoxy groups -OCH3 is 5. The van der Waals surface area contributed by atoms with E-state index in [2.05, 4.69) is 15.6 Å². The molecule has 0 aromatic heterocycles. The zero-order valence-corrected chi connectivity index (χ0v) is 25.2. The van der Waals surface area contributed by atoms with E-state index in [1.807, 2.05) is 30.4 Å². The topological polar surface area (TPSA) is 186 Å². The van der Waals surface area contributed by atoms with Gasteiger partial charge in [0.05, 0.1) is 41.2 Å². The maximum absolute atomic E-state index is 12.7. The number of esters is 1. The molecule has 0 saturated carbocycles. The summed E-state index contributed by atoms with van der Waals surface area (Å²) in [6, 6.07) is 8.18. The summed E-state index contributed by atoms with van der Waals surface area (Å²) < 4.78 is 26.4. The standard InChI is InChI=1S/C30H41N5O8/c1-39-23-14-13-19(11-12-20-17-24(40-2)28(42-4)25(18-20)41-3)16-22(23)35-27(37)10-6-9-26(36)34-21(29(38)43-5)8-7-15-33-30(31)32/h11-14,16-18,21H,6-10,15H2,1-5H3,(H,34,36)(H,35,37)(H4,31,32,33)/b12-11-/t21-/m0/s1. The van der Waals surface area contributed by atoms with Crippen LogP contribution in [0, 0.1) is 0 Å². The van der Waals surface area contributed by atoms with E-state index >= 15 is 0 Å². The Hall–Kier alpha value is -4.94. The Labute approximate surface area is 251 Å². The molecule has 2 aromatic rings. The SMILES string of the molecule is COC(=O)[C@H](CCCN=C(N)N)NC(=O)CCCC(=O)Nc1cc(/C=C\c2cc(OC)c(OC)c(OC)c2)ccc1OC. The van der Waals surface area contributed by atoms with Crippen LogP contribution < -0.4 is 41.0 Å². The molecule has 2 aromatic carbocycles. The molecule has 0 aliphatic carbocycles. The molecule has 2 rings (SSSR count). The van der Waals surface area contributed by atoms with Gasteiger partial charge in [0.15, 0.2) is 17.5 Å². The van der Waals surface area contributed by atoms with Gasteiger partial charge in [-0.15, -0.1) is 0 Å². The lowest BCUT2D eigenvalue weighted by Gasteiger charge is -2.16. The fourth-order valence-electron chi connectivity index (χ4n) is 4.10. The van der Waals surface area contributed by atoms with Gasteiger partial charge in [0.1, 0.15) is 11.8 Å². The van der Waals surface area contributed by atoms with Crippen LogP contribution >= 0.6 is 0 Å². The molecule has 13 nitrogen and oxygen atoms in total. The Morgan fingerprint density at radius 2 is 1.44 bits per heavy atom. The highest BCUT2D eigenvalue weighted by molar-refractivity contribution is 5.93. The molecule has 0 heterocycles. The zero-order chi connectivity index (χ0) is 31.8. The number of carbonyl (C=O) groups excluding carboxylic acids is 3. The average molecular weight is 600 g/mol. The second-order valence-corrected chi connectivity index (χ2v) is 9.25. The summed E-state index contributed by atoms with van der Waals surface area (Å²) in [6.45, 7) is 0.317. The van der Waals surface area contributed by atoms with Crippen LogP contribution in [-0.2, 0) is 19.1 Å². The highest BCUT2D eigenvalue weighted by Crippen LogP contribution is 2.38. The van der Waals surface area contributed by atoms with Gasteiger partial charge in [0.2, 0.25) is 17.6 Å². The first-order valence-corrected chi connectivity index (χ1v) is 13.5. The van der Waals surface area contributed by atoms with E-state index in [1.54, 1.807) is 33.5 Å². The summed E-state index contributed by atoms with van der Waals surface area (Å²) in [4.78, 5) is 41.0. The number of carbonyl (C=O) groups is 3. The van der Waals surface area contributed by atoms with E-state index < -0.39 is 12.0 Å². The number of hydrogen-bond acceptors (Lipinski definition) is 9. The van der Waals surface area contributed by atoms with E-state index in [-0.39, 0.29) is 37.0 Å². The maximum Gasteiger partial charge on any atom is 0.328 e. The van der Waals surface area contributed by atoms with Gasteiger partial charge < -0.3 is 45.8 Å². The molecule has 0 radical (unpaired) electrons. The molecule has 0 bridgehead atoms. The first kappa shape index (κ1) is 34.3. The normalized spacial score (nSPS) is 11.3. The van der Waals surface area contributed by atoms with Gasteiger partial charge in [-0.1, -0.05) is 18.2 Å². The molecule has 0 aliphatic heterocycles. The lowest BCUT2D eigenvalue weighted by atomic mass is 10.1. The van der Waals surface area contributed by atoms with Crippen molar-refractivity contribution in [1.29, 1.82) is 0 Å². The van der Waals surface area contributed by atoms with E-state index in [1.165, 1.54) is 14.2 Å². The molecule has 234 valence electrons. The summed E-state index contributed by atoms with van der Waals surface area (Å²) in [7, 11) is 7.39. The second-order valence-electron chi connectivity index (χ2n) is 9.25. The van der Waals surface area contributed by atoms with Crippen LogP contribution in [0.3, 0.4) is 0 Å². The predicted octanol–water partition coefficient (Wildman–Crippen LogP) is 2.71. The summed E-state index contributed by atoms with van der Waals surface area (Å²) in [5, 5.41) is 5.49. The molecule has 43 heavy (non-hydrogen) atoms. The van der Waals surface area contributed by atoms with Gasteiger partial charge >= 0.3 is 5.97 Å². The Balaban J connectivity index is 1.99. The molecule has 0 saturated heterocycles. The Bertz CT molecular complexity index is 1280. The number of amides is 2. The lowest BCUT2D eigenvalue weighted by Crippen LogP contribution is -2.41. The van der Waals surface area contributed by atoms with Crippen molar-refractivity contribution in [3.8, 4) is 23.0 Å². The Morgan fingerprint density at radius 3 is 2.02 bits per heavy atom. The number of benzene rings is 2. The van der Waals surface area contributed by atoms with Gasteiger partial charge in [0.25, 0.3) is 0 Å². The number of aliphatic imine (C=N–C) groups is 1. The molecule has 1 atom stereocenters. The van der Waals surface area contributed by atoms with Crippen LogP contribution in [-0.4, -0.2) is 71.9 Å². The highest BCUT2D eigenvalue weighted by Gasteiger charge is 2.21. The zero-order valence-electron chi connectivity index (χ0n) is 25.2. The van der Waals surface area contributed by atoms with Gasteiger partial charge in [-0.05, 0) is 54.7 Å². The van der Waals surface area contributed by atoms with Crippen molar-refractivity contribution in [2.24, 2.45) is 16.5 Å². The van der Waals surface area contributed by atoms with E-state index in [4.69, 9.17) is 35.2 Å². The predicted molar refractivity (Wildman–Crippen MR) is 164 cm³/mol. The minimum Gasteiger partial charge on any atom is -0.495 e. The van der Waals surface area contributed by atoms with Crippen molar-refractivity contribution in [2.75, 3.05) is 47.4 Å². The molecule has 0 fully saturated rings. The third-order valence-electron chi connectivity index (χ3n) is 6.23. The van der Waals surface area contributed by atoms with Crippen LogP contribution in [0.4, 0.5) is 5.69 Å². The van der Waals surface area contributed by atoms with Gasteiger partial charge in [-0.2, -0.15) is 0 Å². The minimum atomic E-state index is -0.833. The number of ether oxygens (including phenoxy) is 5. The summed E-state index contributed by atoms with van der Waals surface area (Å²) in [5.41, 5.74) is 12.7. The molecular formula is C30H41N5O8. The first-order valence-electron chi connectivity index (χ1n) is 13.5. The van der Waals surface area contributed by atoms with E-state index in [0.29, 0.717) is 48.1 Å². The third-order valence-corrected chi connectivity index (χ3v) is 6.23. The molecule has 2 amide bonds. The summed E-state index contributed by atoms with van der Waals surface area (Å²) >= 11 is 0. The van der Waals surface area contributed by atoms with Crippen molar-refractivity contribution >= 4 is 41.6 Å². The third kappa shape index (κ3) is 11.1. The Morgan fingerprint density at radius 1 is 0.814 bits per heavy atom. The number of hydrogen-bond donors (Lipinski definition) is 4. The molecule has 13 heteroatoms. The molecular weight excluding hydrogens is 558 g/mol. The molecule has 6 N–H and O–H groups in total. The van der Waals surface area contributed by atoms with Gasteiger partial charge in [-0.25, -0.2) is 4.79 Å². The van der Waals surface area contributed by atoms with Crippen LogP contribution in [0.5, 0.6) is 23.0 Å². The highest BCUT2D eigenvalue weighted by atomic mass is 16.5. The maximum atomic E-state index is 12.7. The Kier molecular flexibility index (Phi) is 14.2. The van der Waals surface area contributed by atoms with Crippen molar-refractivity contribution in [2.45, 2.75) is 38.1 Å². The summed E-state index contributed by atoms with van der Waals surface area (Å²) in [6.07, 6.45) is 4.91. The number of nitrogens with zero attached hydrogens (tertiary/aromatic N) is 1. The quantitative estimate of drug-likeness (QED) is 0.0692. The molecule has 0 aliphatic rings. The number of nitrogens with two attached hydrogens (primary N) is 2. The number of guanidine groups is 1. The number of nitrogens with one attached hydrogen (secondary N) is 2. The first-order chi connectivity index (χ1) is 20.6.